The van der Waals surface area contributed by atoms with Crippen molar-refractivity contribution < 1.29 is 0 Å². The van der Waals surface area contributed by atoms with Crippen LogP contribution in [-0.4, -0.2) is 15.3 Å². The van der Waals surface area contributed by atoms with Crippen molar-refractivity contribution in [1.29, 1.82) is 0 Å². The van der Waals surface area contributed by atoms with Gasteiger partial charge in [0.1, 0.15) is 0 Å². The molecule has 0 spiro atoms. The molecular formula is C15H27N3. The molecule has 0 radical (unpaired) electrons. The van der Waals surface area contributed by atoms with Crippen molar-refractivity contribution in [3.8, 4) is 0 Å². The third-order valence-corrected chi connectivity index (χ3v) is 4.46. The van der Waals surface area contributed by atoms with Gasteiger partial charge in [0.15, 0.2) is 0 Å². The summed E-state index contributed by atoms with van der Waals surface area (Å²) in [6.45, 7) is 6.78. The first-order valence-corrected chi connectivity index (χ1v) is 7.08. The first-order chi connectivity index (χ1) is 8.30. The average Bonchev–Trinajstić information content (AvgIpc) is 2.46. The van der Waals surface area contributed by atoms with Crippen molar-refractivity contribution >= 4 is 0 Å². The van der Waals surface area contributed by atoms with Gasteiger partial charge in [0, 0.05) is 24.7 Å². The summed E-state index contributed by atoms with van der Waals surface area (Å²) < 4.78 is 1.99. The minimum absolute atomic E-state index is 0.0337. The lowest BCUT2D eigenvalue weighted by Gasteiger charge is -2.29. The fourth-order valence-electron chi connectivity index (χ4n) is 3.12. The zero-order valence-electron chi connectivity index (χ0n) is 12.3. The molecule has 102 valence electrons. The first-order valence-electron chi connectivity index (χ1n) is 7.08. The van der Waals surface area contributed by atoms with Crippen LogP contribution in [0.1, 0.15) is 57.3 Å². The number of rotatable bonds is 2. The van der Waals surface area contributed by atoms with Crippen LogP contribution in [0.2, 0.25) is 0 Å². The minimum Gasteiger partial charge on any atom is -0.325 e. The molecule has 1 aliphatic carbocycles. The van der Waals surface area contributed by atoms with Gasteiger partial charge in [0.25, 0.3) is 0 Å². The van der Waals surface area contributed by atoms with Crippen molar-refractivity contribution in [2.75, 3.05) is 0 Å². The van der Waals surface area contributed by atoms with E-state index in [-0.39, 0.29) is 5.54 Å². The van der Waals surface area contributed by atoms with E-state index in [1.807, 2.05) is 18.7 Å². The quantitative estimate of drug-likeness (QED) is 0.819. The number of aryl methyl sites for hydroxylation is 2. The molecule has 3 nitrogen and oxygen atoms in total. The Morgan fingerprint density at radius 2 is 2.00 bits per heavy atom. The fraction of sp³-hybridized carbons (Fsp3) is 0.800. The highest BCUT2D eigenvalue weighted by Gasteiger charge is 2.33. The standard InChI is InChI=1S/C15H27N3/c1-12-10-13(18(4)17-12)11-15(16)7-5-6-14(2,3)8-9-15/h10H,5-9,11,16H2,1-4H3. The molecule has 18 heavy (non-hydrogen) atoms. The minimum atomic E-state index is -0.0337. The van der Waals surface area contributed by atoms with Gasteiger partial charge in [-0.15, -0.1) is 0 Å². The number of nitrogens with zero attached hydrogens (tertiary/aromatic N) is 2. The van der Waals surface area contributed by atoms with Crippen LogP contribution in [0.25, 0.3) is 0 Å². The maximum absolute atomic E-state index is 6.65. The Bertz CT molecular complexity index is 419. The van der Waals surface area contributed by atoms with Gasteiger partial charge in [-0.25, -0.2) is 0 Å². The van der Waals surface area contributed by atoms with Gasteiger partial charge < -0.3 is 5.73 Å². The molecule has 1 aliphatic rings. The molecule has 0 aliphatic heterocycles. The molecule has 1 fully saturated rings. The molecule has 0 bridgehead atoms. The fourth-order valence-corrected chi connectivity index (χ4v) is 3.12. The molecule has 3 heteroatoms. The molecule has 1 unspecified atom stereocenters. The highest BCUT2D eigenvalue weighted by Crippen LogP contribution is 2.38. The number of nitrogens with two attached hydrogens (primary N) is 1. The van der Waals surface area contributed by atoms with Crippen molar-refractivity contribution in [2.24, 2.45) is 18.2 Å². The molecule has 0 aromatic carbocycles. The lowest BCUT2D eigenvalue weighted by Crippen LogP contribution is -2.42. The predicted octanol–water partition coefficient (Wildman–Crippen LogP) is 2.96. The third kappa shape index (κ3) is 3.14. The van der Waals surface area contributed by atoms with Crippen LogP contribution in [0, 0.1) is 12.3 Å². The van der Waals surface area contributed by atoms with Crippen molar-refractivity contribution in [2.45, 2.75) is 64.8 Å². The molecule has 0 saturated heterocycles. The Hall–Kier alpha value is -0.830. The summed E-state index contributed by atoms with van der Waals surface area (Å²) in [5, 5.41) is 4.42. The van der Waals surface area contributed by atoms with Gasteiger partial charge in [-0.2, -0.15) is 5.10 Å². The van der Waals surface area contributed by atoms with Crippen molar-refractivity contribution in [3.63, 3.8) is 0 Å². The molecular weight excluding hydrogens is 222 g/mol. The largest absolute Gasteiger partial charge is 0.325 e. The summed E-state index contributed by atoms with van der Waals surface area (Å²) >= 11 is 0. The van der Waals surface area contributed by atoms with Crippen LogP contribution in [-0.2, 0) is 13.5 Å². The Morgan fingerprint density at radius 3 is 2.61 bits per heavy atom. The molecule has 1 atom stereocenters. The second kappa shape index (κ2) is 4.69. The maximum Gasteiger partial charge on any atom is 0.0596 e. The highest BCUT2D eigenvalue weighted by atomic mass is 15.3. The van der Waals surface area contributed by atoms with Crippen LogP contribution >= 0.6 is 0 Å². The SMILES string of the molecule is Cc1cc(CC2(N)CCCC(C)(C)CC2)n(C)n1. The molecule has 1 heterocycles. The zero-order valence-corrected chi connectivity index (χ0v) is 12.3. The summed E-state index contributed by atoms with van der Waals surface area (Å²) in [6, 6.07) is 2.17. The summed E-state index contributed by atoms with van der Waals surface area (Å²) in [5.41, 5.74) is 9.44. The normalized spacial score (nSPS) is 28.1. The van der Waals surface area contributed by atoms with E-state index >= 15 is 0 Å². The van der Waals surface area contributed by atoms with Gasteiger partial charge in [-0.3, -0.25) is 4.68 Å². The van der Waals surface area contributed by atoms with Crippen LogP contribution in [0.4, 0.5) is 0 Å². The van der Waals surface area contributed by atoms with Crippen LogP contribution < -0.4 is 5.73 Å². The zero-order chi connectivity index (χ0) is 13.4. The summed E-state index contributed by atoms with van der Waals surface area (Å²) in [7, 11) is 2.02. The Morgan fingerprint density at radius 1 is 1.28 bits per heavy atom. The molecule has 1 saturated carbocycles. The van der Waals surface area contributed by atoms with Crippen molar-refractivity contribution in [3.05, 3.63) is 17.5 Å². The number of hydrogen-bond acceptors (Lipinski definition) is 2. The van der Waals surface area contributed by atoms with E-state index in [2.05, 4.69) is 25.0 Å². The highest BCUT2D eigenvalue weighted by molar-refractivity contribution is 5.12. The summed E-state index contributed by atoms with van der Waals surface area (Å²) in [5.74, 6) is 0. The lowest BCUT2D eigenvalue weighted by molar-refractivity contribution is 0.295. The van der Waals surface area contributed by atoms with Gasteiger partial charge in [0.2, 0.25) is 0 Å². The average molecular weight is 249 g/mol. The molecule has 0 amide bonds. The Balaban J connectivity index is 2.10. The lowest BCUT2D eigenvalue weighted by atomic mass is 9.82. The van der Waals surface area contributed by atoms with E-state index in [4.69, 9.17) is 5.73 Å². The van der Waals surface area contributed by atoms with Gasteiger partial charge >= 0.3 is 0 Å². The summed E-state index contributed by atoms with van der Waals surface area (Å²) in [6.07, 6.45) is 7.02. The second-order valence-electron chi connectivity index (χ2n) is 6.96. The first kappa shape index (κ1) is 13.6. The maximum atomic E-state index is 6.65. The molecule has 2 N–H and O–H groups in total. The van der Waals surface area contributed by atoms with E-state index in [0.29, 0.717) is 5.41 Å². The van der Waals surface area contributed by atoms with E-state index in [9.17, 15) is 0 Å². The number of hydrogen-bond donors (Lipinski definition) is 1. The predicted molar refractivity (Wildman–Crippen MR) is 75.4 cm³/mol. The van der Waals surface area contributed by atoms with Crippen LogP contribution in [0.3, 0.4) is 0 Å². The third-order valence-electron chi connectivity index (χ3n) is 4.46. The van der Waals surface area contributed by atoms with Gasteiger partial charge in [-0.1, -0.05) is 20.3 Å². The Labute approximate surface area is 111 Å². The second-order valence-corrected chi connectivity index (χ2v) is 6.96. The van der Waals surface area contributed by atoms with E-state index in [1.54, 1.807) is 0 Å². The monoisotopic (exact) mass is 249 g/mol. The van der Waals surface area contributed by atoms with E-state index in [1.165, 1.54) is 25.0 Å². The molecule has 1 aromatic rings. The molecule has 1 aromatic heterocycles. The van der Waals surface area contributed by atoms with Gasteiger partial charge in [0.05, 0.1) is 5.69 Å². The van der Waals surface area contributed by atoms with Gasteiger partial charge in [-0.05, 0) is 44.1 Å². The van der Waals surface area contributed by atoms with E-state index < -0.39 is 0 Å². The van der Waals surface area contributed by atoms with Crippen LogP contribution in [0.15, 0.2) is 6.07 Å². The van der Waals surface area contributed by atoms with Crippen molar-refractivity contribution in [1.82, 2.24) is 9.78 Å². The van der Waals surface area contributed by atoms with Crippen LogP contribution in [0.5, 0.6) is 0 Å². The number of aromatic nitrogens is 2. The topological polar surface area (TPSA) is 43.8 Å². The Kier molecular flexibility index (Phi) is 3.54. The van der Waals surface area contributed by atoms with E-state index in [0.717, 1.165) is 25.0 Å². The summed E-state index contributed by atoms with van der Waals surface area (Å²) in [4.78, 5) is 0. The molecule has 2 rings (SSSR count). The smallest absolute Gasteiger partial charge is 0.0596 e.